The second-order valence-corrected chi connectivity index (χ2v) is 22.7. The van der Waals surface area contributed by atoms with Gasteiger partial charge in [0, 0.05) is 12.8 Å². The minimum atomic E-state index is -4.64. The van der Waals surface area contributed by atoms with E-state index in [1.165, 1.54) is 167 Å². The summed E-state index contributed by atoms with van der Waals surface area (Å²) in [5.41, 5.74) is 0. The lowest BCUT2D eigenvalue weighted by Crippen LogP contribution is -2.37. The normalized spacial score (nSPS) is 13.7. The number of esters is 2. The van der Waals surface area contributed by atoms with Gasteiger partial charge in [0.1, 0.15) is 19.8 Å². The molecule has 0 spiro atoms. The molecule has 0 aromatic carbocycles. The number of hydrogen-bond donors (Lipinski definition) is 0. The van der Waals surface area contributed by atoms with Crippen LogP contribution in [0.1, 0.15) is 271 Å². The molecule has 0 heterocycles. The van der Waals surface area contributed by atoms with E-state index in [1.54, 1.807) is 0 Å². The second-order valence-electron chi connectivity index (χ2n) is 21.3. The van der Waals surface area contributed by atoms with Crippen molar-refractivity contribution in [3.8, 4) is 0 Å². The van der Waals surface area contributed by atoms with Crippen molar-refractivity contribution in [1.29, 1.82) is 0 Å². The molecule has 0 saturated heterocycles. The molecule has 0 aromatic rings. The van der Waals surface area contributed by atoms with Crippen molar-refractivity contribution < 1.29 is 42.1 Å². The molecule has 0 rings (SSSR count). The molecule has 10 heteroatoms. The van der Waals surface area contributed by atoms with Gasteiger partial charge in [0.15, 0.2) is 6.10 Å². The summed E-state index contributed by atoms with van der Waals surface area (Å²) in [6.45, 7) is 4.14. The topological polar surface area (TPSA) is 111 Å². The van der Waals surface area contributed by atoms with Crippen LogP contribution in [0.2, 0.25) is 0 Å². The molecule has 420 valence electrons. The number of allylic oxidation sites excluding steroid dienone is 10. The van der Waals surface area contributed by atoms with Gasteiger partial charge in [-0.15, -0.1) is 0 Å². The van der Waals surface area contributed by atoms with Gasteiger partial charge in [-0.2, -0.15) is 0 Å². The Bertz CT molecular complexity index is 1400. The van der Waals surface area contributed by atoms with Crippen molar-refractivity contribution in [2.75, 3.05) is 47.5 Å². The summed E-state index contributed by atoms with van der Waals surface area (Å²) in [4.78, 5) is 37.9. The van der Waals surface area contributed by atoms with Crippen LogP contribution in [0.4, 0.5) is 0 Å². The van der Waals surface area contributed by atoms with Gasteiger partial charge >= 0.3 is 11.9 Å². The van der Waals surface area contributed by atoms with Crippen LogP contribution in [-0.2, 0) is 32.7 Å². The molecular weight excluding hydrogens is 918 g/mol. The van der Waals surface area contributed by atoms with Crippen molar-refractivity contribution >= 4 is 19.8 Å². The van der Waals surface area contributed by atoms with Gasteiger partial charge in [0.25, 0.3) is 7.82 Å². The van der Waals surface area contributed by atoms with Gasteiger partial charge in [-0.3, -0.25) is 14.2 Å². The Kier molecular flexibility index (Phi) is 51.8. The molecule has 0 N–H and O–H groups in total. The number of likely N-dealkylation sites (N-methyl/N-ethyl adjacent to an activating group) is 1. The maximum absolute atomic E-state index is 12.8. The summed E-state index contributed by atoms with van der Waals surface area (Å²) >= 11 is 0. The van der Waals surface area contributed by atoms with E-state index in [1.807, 2.05) is 21.1 Å². The molecule has 0 fully saturated rings. The molecule has 2 unspecified atom stereocenters. The Morgan fingerprint density at radius 3 is 1.19 bits per heavy atom. The van der Waals surface area contributed by atoms with Crippen molar-refractivity contribution in [2.45, 2.75) is 277 Å². The molecule has 0 saturated carbocycles. The Morgan fingerprint density at radius 2 is 0.792 bits per heavy atom. The van der Waals surface area contributed by atoms with Crippen molar-refractivity contribution in [3.05, 3.63) is 60.8 Å². The summed E-state index contributed by atoms with van der Waals surface area (Å²) in [6, 6.07) is 0. The van der Waals surface area contributed by atoms with E-state index in [2.05, 4.69) is 74.6 Å². The lowest BCUT2D eigenvalue weighted by molar-refractivity contribution is -0.870. The molecule has 0 bridgehead atoms. The van der Waals surface area contributed by atoms with E-state index < -0.39 is 26.5 Å². The standard InChI is InChI=1S/C62H114NO8P/c1-6-8-10-12-14-16-18-20-22-24-26-28-29-30-31-32-33-35-36-38-40-42-44-46-48-50-52-54-61(64)68-58-60(59-70-72(66,67)69-57-56-63(3,4)5)71-62(65)55-53-51-49-47-45-43-41-39-37-34-27-25-23-21-19-17-15-13-11-9-7-2/h9,11,15,17,21,23-24,26-27,34,60H,6-8,10,12-14,16,18-20,22,25,28-33,35-59H2,1-5H3/b11-9-,17-15-,23-21-,26-24-,34-27-. The quantitative estimate of drug-likeness (QED) is 0.0195. The molecule has 0 aliphatic carbocycles. The van der Waals surface area contributed by atoms with E-state index in [-0.39, 0.29) is 32.0 Å². The van der Waals surface area contributed by atoms with Gasteiger partial charge in [0.2, 0.25) is 0 Å². The number of unbranched alkanes of at least 4 members (excludes halogenated alkanes) is 31. The molecular formula is C62H114NO8P. The smallest absolute Gasteiger partial charge is 0.306 e. The molecule has 9 nitrogen and oxygen atoms in total. The Balaban J connectivity index is 4.12. The number of rotatable bonds is 55. The summed E-state index contributed by atoms with van der Waals surface area (Å²) in [5, 5.41) is 0. The van der Waals surface area contributed by atoms with Crippen LogP contribution in [-0.4, -0.2) is 70.0 Å². The molecule has 0 amide bonds. The molecule has 0 radical (unpaired) electrons. The average molecular weight is 1030 g/mol. The highest BCUT2D eigenvalue weighted by Gasteiger charge is 2.22. The van der Waals surface area contributed by atoms with Crippen LogP contribution >= 0.6 is 7.82 Å². The number of hydrogen-bond acceptors (Lipinski definition) is 8. The third-order valence-electron chi connectivity index (χ3n) is 13.0. The minimum absolute atomic E-state index is 0.0337. The number of carbonyl (C=O) groups excluding carboxylic acids is 2. The fraction of sp³-hybridized carbons (Fsp3) is 0.806. The van der Waals surface area contributed by atoms with E-state index in [0.29, 0.717) is 17.4 Å². The molecule has 0 aliphatic rings. The first kappa shape index (κ1) is 69.7. The van der Waals surface area contributed by atoms with Gasteiger partial charge in [0.05, 0.1) is 27.7 Å². The van der Waals surface area contributed by atoms with Crippen molar-refractivity contribution in [2.24, 2.45) is 0 Å². The molecule has 72 heavy (non-hydrogen) atoms. The highest BCUT2D eigenvalue weighted by molar-refractivity contribution is 7.45. The summed E-state index contributed by atoms with van der Waals surface area (Å²) in [7, 11) is 1.16. The predicted octanol–water partition coefficient (Wildman–Crippen LogP) is 18.1. The summed E-state index contributed by atoms with van der Waals surface area (Å²) in [5.74, 6) is -0.835. The Morgan fingerprint density at radius 1 is 0.444 bits per heavy atom. The number of nitrogens with zero attached hydrogens (tertiary/aromatic N) is 1. The zero-order valence-electron chi connectivity index (χ0n) is 47.6. The van der Waals surface area contributed by atoms with Crippen LogP contribution in [0.3, 0.4) is 0 Å². The van der Waals surface area contributed by atoms with Crippen LogP contribution in [0.25, 0.3) is 0 Å². The highest BCUT2D eigenvalue weighted by Crippen LogP contribution is 2.38. The van der Waals surface area contributed by atoms with E-state index >= 15 is 0 Å². The lowest BCUT2D eigenvalue weighted by Gasteiger charge is -2.28. The highest BCUT2D eigenvalue weighted by atomic mass is 31.2. The van der Waals surface area contributed by atoms with E-state index in [4.69, 9.17) is 18.5 Å². The van der Waals surface area contributed by atoms with E-state index in [0.717, 1.165) is 70.6 Å². The van der Waals surface area contributed by atoms with Crippen LogP contribution in [0.15, 0.2) is 60.8 Å². The van der Waals surface area contributed by atoms with Gasteiger partial charge in [-0.1, -0.05) is 242 Å². The predicted molar refractivity (Wildman–Crippen MR) is 305 cm³/mol. The summed E-state index contributed by atoms with van der Waals surface area (Å²) < 4.78 is 34.2. The van der Waals surface area contributed by atoms with Crippen molar-refractivity contribution in [1.82, 2.24) is 0 Å². The first-order valence-electron chi connectivity index (χ1n) is 30.0. The average Bonchev–Trinajstić information content (AvgIpc) is 3.34. The van der Waals surface area contributed by atoms with Crippen molar-refractivity contribution in [3.63, 3.8) is 0 Å². The Hall–Kier alpha value is -2.29. The lowest BCUT2D eigenvalue weighted by atomic mass is 10.0. The molecule has 2 atom stereocenters. The second kappa shape index (κ2) is 53.5. The first-order chi connectivity index (χ1) is 35.0. The number of quaternary nitrogens is 1. The Labute approximate surface area is 445 Å². The van der Waals surface area contributed by atoms with Crippen LogP contribution in [0.5, 0.6) is 0 Å². The van der Waals surface area contributed by atoms with E-state index in [9.17, 15) is 19.0 Å². The van der Waals surface area contributed by atoms with Crippen LogP contribution < -0.4 is 4.89 Å². The minimum Gasteiger partial charge on any atom is -0.756 e. The third kappa shape index (κ3) is 57.0. The number of carbonyl (C=O) groups is 2. The number of ether oxygens (including phenoxy) is 2. The third-order valence-corrected chi connectivity index (χ3v) is 14.0. The SMILES string of the molecule is CC/C=C\C/C=C\C/C=C\C/C=C\CCCCCCCCCCC(=O)OC(COC(=O)CCCCCCCCCCCCCCCCC/C=C\CCCCCCCCCC)COP(=O)([O-])OCC[N+](C)(C)C. The van der Waals surface area contributed by atoms with Gasteiger partial charge in [-0.05, 0) is 77.0 Å². The maximum Gasteiger partial charge on any atom is 0.306 e. The number of phosphoric acid groups is 1. The van der Waals surface area contributed by atoms with Gasteiger partial charge < -0.3 is 27.9 Å². The largest absolute Gasteiger partial charge is 0.756 e. The number of phosphoric ester groups is 1. The fourth-order valence-electron chi connectivity index (χ4n) is 8.41. The van der Waals surface area contributed by atoms with Crippen LogP contribution in [0, 0.1) is 0 Å². The molecule has 0 aliphatic heterocycles. The van der Waals surface area contributed by atoms with Gasteiger partial charge in [-0.25, -0.2) is 0 Å². The fourth-order valence-corrected chi connectivity index (χ4v) is 9.14. The summed E-state index contributed by atoms with van der Waals surface area (Å²) in [6.07, 6.45) is 68.4. The zero-order valence-corrected chi connectivity index (χ0v) is 48.5. The zero-order chi connectivity index (χ0) is 52.7. The maximum atomic E-state index is 12.8. The first-order valence-corrected chi connectivity index (χ1v) is 31.5. The monoisotopic (exact) mass is 1030 g/mol. The molecule has 0 aromatic heterocycles.